The minimum atomic E-state index is -0.471. The van der Waals surface area contributed by atoms with Gasteiger partial charge in [0.2, 0.25) is 5.91 Å². The van der Waals surface area contributed by atoms with Crippen LogP contribution < -0.4 is 10.9 Å². The SMILES string of the molecule is O=C(CCc1ccccc1F)NNC(=O)c1cccc(Cl)c1. The number of carbonyl (C=O) groups is 2. The van der Waals surface area contributed by atoms with Crippen molar-refractivity contribution in [3.8, 4) is 0 Å². The summed E-state index contributed by atoms with van der Waals surface area (Å²) in [6.45, 7) is 0. The van der Waals surface area contributed by atoms with Crippen LogP contribution in [0.1, 0.15) is 22.3 Å². The van der Waals surface area contributed by atoms with Crippen molar-refractivity contribution in [3.05, 3.63) is 70.5 Å². The number of benzene rings is 2. The number of carbonyl (C=O) groups excluding carboxylic acids is 2. The van der Waals surface area contributed by atoms with Crippen LogP contribution in [-0.2, 0) is 11.2 Å². The highest BCUT2D eigenvalue weighted by atomic mass is 35.5. The zero-order chi connectivity index (χ0) is 15.9. The fourth-order valence-corrected chi connectivity index (χ4v) is 2.03. The highest BCUT2D eigenvalue weighted by Crippen LogP contribution is 2.10. The Kier molecular flexibility index (Phi) is 5.49. The zero-order valence-corrected chi connectivity index (χ0v) is 12.4. The Balaban J connectivity index is 1.81. The van der Waals surface area contributed by atoms with E-state index in [9.17, 15) is 14.0 Å². The summed E-state index contributed by atoms with van der Waals surface area (Å²) in [6.07, 6.45) is 0.322. The molecular formula is C16H14ClFN2O2. The van der Waals surface area contributed by atoms with Crippen molar-refractivity contribution < 1.29 is 14.0 Å². The molecule has 0 saturated heterocycles. The number of aryl methyl sites for hydroxylation is 1. The monoisotopic (exact) mass is 320 g/mol. The van der Waals surface area contributed by atoms with Crippen LogP contribution in [0.2, 0.25) is 5.02 Å². The third-order valence-electron chi connectivity index (χ3n) is 2.98. The van der Waals surface area contributed by atoms with Gasteiger partial charge in [0.05, 0.1) is 0 Å². The summed E-state index contributed by atoms with van der Waals surface area (Å²) >= 11 is 5.78. The van der Waals surface area contributed by atoms with Gasteiger partial charge in [0, 0.05) is 17.0 Å². The average Bonchev–Trinajstić information content (AvgIpc) is 2.52. The molecule has 0 aliphatic carbocycles. The molecule has 114 valence electrons. The van der Waals surface area contributed by atoms with E-state index in [4.69, 9.17) is 11.6 Å². The van der Waals surface area contributed by atoms with E-state index in [1.165, 1.54) is 12.1 Å². The van der Waals surface area contributed by atoms with Crippen LogP contribution in [0.15, 0.2) is 48.5 Å². The summed E-state index contributed by atoms with van der Waals surface area (Å²) in [5.74, 6) is -1.22. The summed E-state index contributed by atoms with van der Waals surface area (Å²) in [4.78, 5) is 23.4. The number of hydrogen-bond acceptors (Lipinski definition) is 2. The van der Waals surface area contributed by atoms with E-state index in [1.807, 2.05) is 0 Å². The molecule has 0 atom stereocenters. The first-order valence-electron chi connectivity index (χ1n) is 6.64. The summed E-state index contributed by atoms with van der Waals surface area (Å²) in [6, 6.07) is 12.6. The molecule has 0 fully saturated rings. The van der Waals surface area contributed by atoms with E-state index in [1.54, 1.807) is 36.4 Å². The molecule has 0 radical (unpaired) electrons. The molecule has 0 unspecified atom stereocenters. The molecule has 2 N–H and O–H groups in total. The standard InChI is InChI=1S/C16H14ClFN2O2/c17-13-6-3-5-12(10-13)16(22)20-19-15(21)9-8-11-4-1-2-7-14(11)18/h1-7,10H,8-9H2,(H,19,21)(H,20,22). The predicted molar refractivity (Wildman–Crippen MR) is 81.8 cm³/mol. The molecule has 2 rings (SSSR count). The van der Waals surface area contributed by atoms with Crippen LogP contribution >= 0.6 is 11.6 Å². The first kappa shape index (κ1) is 16.0. The van der Waals surface area contributed by atoms with Gasteiger partial charge < -0.3 is 0 Å². The molecule has 2 aromatic rings. The van der Waals surface area contributed by atoms with Crippen molar-refractivity contribution in [1.29, 1.82) is 0 Å². The lowest BCUT2D eigenvalue weighted by atomic mass is 10.1. The normalized spacial score (nSPS) is 10.1. The molecule has 0 saturated carbocycles. The van der Waals surface area contributed by atoms with Crippen LogP contribution in [0.5, 0.6) is 0 Å². The van der Waals surface area contributed by atoms with Crippen molar-refractivity contribution >= 4 is 23.4 Å². The molecule has 0 aliphatic rings. The molecule has 2 aromatic carbocycles. The quantitative estimate of drug-likeness (QED) is 0.851. The number of nitrogens with one attached hydrogen (secondary N) is 2. The Morgan fingerprint density at radius 2 is 1.82 bits per heavy atom. The van der Waals surface area contributed by atoms with Crippen LogP contribution in [-0.4, -0.2) is 11.8 Å². The smallest absolute Gasteiger partial charge is 0.269 e. The van der Waals surface area contributed by atoms with Gasteiger partial charge in [-0.3, -0.25) is 20.4 Å². The minimum Gasteiger partial charge on any atom is -0.273 e. The van der Waals surface area contributed by atoms with E-state index in [2.05, 4.69) is 10.9 Å². The number of amides is 2. The van der Waals surface area contributed by atoms with Gasteiger partial charge >= 0.3 is 0 Å². The second-order valence-electron chi connectivity index (χ2n) is 4.60. The Hall–Kier alpha value is -2.40. The second-order valence-corrected chi connectivity index (χ2v) is 5.04. The third kappa shape index (κ3) is 4.56. The van der Waals surface area contributed by atoms with Crippen LogP contribution in [0.25, 0.3) is 0 Å². The lowest BCUT2D eigenvalue weighted by Gasteiger charge is -2.08. The molecule has 0 heterocycles. The first-order valence-corrected chi connectivity index (χ1v) is 7.02. The molecule has 22 heavy (non-hydrogen) atoms. The van der Waals surface area contributed by atoms with Gasteiger partial charge in [0.25, 0.3) is 5.91 Å². The van der Waals surface area contributed by atoms with Crippen LogP contribution in [0.4, 0.5) is 4.39 Å². The number of rotatable bonds is 4. The molecule has 4 nitrogen and oxygen atoms in total. The largest absolute Gasteiger partial charge is 0.273 e. The number of halogens is 2. The van der Waals surface area contributed by atoms with E-state index >= 15 is 0 Å². The molecule has 0 aromatic heterocycles. The van der Waals surface area contributed by atoms with Crippen LogP contribution in [0, 0.1) is 5.82 Å². The fourth-order valence-electron chi connectivity index (χ4n) is 1.84. The Morgan fingerprint density at radius 3 is 2.55 bits per heavy atom. The summed E-state index contributed by atoms with van der Waals surface area (Å²) in [7, 11) is 0. The molecule has 0 aliphatic heterocycles. The minimum absolute atomic E-state index is 0.0662. The number of hydrogen-bond donors (Lipinski definition) is 2. The lowest BCUT2D eigenvalue weighted by molar-refractivity contribution is -0.121. The van der Waals surface area contributed by atoms with Gasteiger partial charge in [-0.25, -0.2) is 4.39 Å². The number of hydrazine groups is 1. The predicted octanol–water partition coefficient (Wildman–Crippen LogP) is 2.87. The van der Waals surface area contributed by atoms with Crippen LogP contribution in [0.3, 0.4) is 0 Å². The highest BCUT2D eigenvalue weighted by molar-refractivity contribution is 6.30. The van der Waals surface area contributed by atoms with E-state index in [-0.39, 0.29) is 18.7 Å². The zero-order valence-electron chi connectivity index (χ0n) is 11.6. The highest BCUT2D eigenvalue weighted by Gasteiger charge is 2.09. The molecule has 0 bridgehead atoms. The van der Waals surface area contributed by atoms with E-state index in [0.29, 0.717) is 16.1 Å². The van der Waals surface area contributed by atoms with Gasteiger partial charge in [-0.15, -0.1) is 0 Å². The van der Waals surface area contributed by atoms with E-state index < -0.39 is 11.8 Å². The third-order valence-corrected chi connectivity index (χ3v) is 3.22. The Bertz CT molecular complexity index is 691. The van der Waals surface area contributed by atoms with Gasteiger partial charge in [0.1, 0.15) is 5.82 Å². The molecule has 0 spiro atoms. The van der Waals surface area contributed by atoms with Crippen molar-refractivity contribution in [2.24, 2.45) is 0 Å². The fraction of sp³-hybridized carbons (Fsp3) is 0.125. The van der Waals surface area contributed by atoms with Crippen molar-refractivity contribution in [2.75, 3.05) is 0 Å². The van der Waals surface area contributed by atoms with E-state index in [0.717, 1.165) is 0 Å². The van der Waals surface area contributed by atoms with Crippen molar-refractivity contribution in [3.63, 3.8) is 0 Å². The van der Waals surface area contributed by atoms with Gasteiger partial charge in [0.15, 0.2) is 0 Å². The van der Waals surface area contributed by atoms with Gasteiger partial charge in [-0.2, -0.15) is 0 Å². The summed E-state index contributed by atoms with van der Waals surface area (Å²) in [5, 5.41) is 0.429. The van der Waals surface area contributed by atoms with Crippen molar-refractivity contribution in [2.45, 2.75) is 12.8 Å². The lowest BCUT2D eigenvalue weighted by Crippen LogP contribution is -2.41. The summed E-state index contributed by atoms with van der Waals surface area (Å²) < 4.78 is 13.4. The second kappa shape index (κ2) is 7.56. The average molecular weight is 321 g/mol. The maximum absolute atomic E-state index is 13.4. The topological polar surface area (TPSA) is 58.2 Å². The maximum Gasteiger partial charge on any atom is 0.269 e. The Morgan fingerprint density at radius 1 is 1.05 bits per heavy atom. The molecule has 6 heteroatoms. The maximum atomic E-state index is 13.4. The Labute approximate surface area is 132 Å². The van der Waals surface area contributed by atoms with Crippen molar-refractivity contribution in [1.82, 2.24) is 10.9 Å². The molecular weight excluding hydrogens is 307 g/mol. The summed E-state index contributed by atoms with van der Waals surface area (Å²) in [5.41, 5.74) is 5.36. The molecule has 2 amide bonds. The van der Waals surface area contributed by atoms with Gasteiger partial charge in [-0.05, 0) is 36.2 Å². The first-order chi connectivity index (χ1) is 10.6. The van der Waals surface area contributed by atoms with Gasteiger partial charge in [-0.1, -0.05) is 35.9 Å².